The number of ether oxygens (including phenoxy) is 3. The highest BCUT2D eigenvalue weighted by atomic mass is 16.5. The number of esters is 1. The molecule has 7 nitrogen and oxygen atoms in total. The molecule has 2 heterocycles. The standard InChI is InChI=1S/C16H22N2O5/c1-21-15(20)10-16(6-9-22-12-16)18-14(19)5-3-8-23-13-4-2-7-17-11-13/h2,4,7,11H,3,5-6,8-10,12H2,1H3,(H,18,19)/t16-/m0/s1. The van der Waals surface area contributed by atoms with Crippen LogP contribution in [0.15, 0.2) is 24.5 Å². The quantitative estimate of drug-likeness (QED) is 0.569. The minimum Gasteiger partial charge on any atom is -0.492 e. The fourth-order valence-corrected chi connectivity index (χ4v) is 2.45. The van der Waals surface area contributed by atoms with Crippen molar-refractivity contribution in [2.24, 2.45) is 0 Å². The summed E-state index contributed by atoms with van der Waals surface area (Å²) in [5.74, 6) is 0.212. The van der Waals surface area contributed by atoms with Crippen molar-refractivity contribution in [3.63, 3.8) is 0 Å². The Kier molecular flexibility index (Phi) is 6.34. The maximum Gasteiger partial charge on any atom is 0.307 e. The van der Waals surface area contributed by atoms with Crippen molar-refractivity contribution in [2.45, 2.75) is 31.2 Å². The number of amides is 1. The summed E-state index contributed by atoms with van der Waals surface area (Å²) in [7, 11) is 1.34. The van der Waals surface area contributed by atoms with E-state index in [2.05, 4.69) is 10.3 Å². The molecule has 1 fully saturated rings. The van der Waals surface area contributed by atoms with Crippen molar-refractivity contribution in [1.82, 2.24) is 10.3 Å². The summed E-state index contributed by atoms with van der Waals surface area (Å²) in [6.45, 7) is 1.29. The molecule has 7 heteroatoms. The first-order chi connectivity index (χ1) is 11.1. The van der Waals surface area contributed by atoms with E-state index in [0.29, 0.717) is 44.8 Å². The first-order valence-electron chi connectivity index (χ1n) is 7.62. The fraction of sp³-hybridized carbons (Fsp3) is 0.562. The molecule has 1 N–H and O–H groups in total. The van der Waals surface area contributed by atoms with E-state index in [1.54, 1.807) is 18.5 Å². The van der Waals surface area contributed by atoms with Gasteiger partial charge in [-0.25, -0.2) is 0 Å². The van der Waals surface area contributed by atoms with Crippen molar-refractivity contribution < 1.29 is 23.8 Å². The highest BCUT2D eigenvalue weighted by Gasteiger charge is 2.38. The number of methoxy groups -OCH3 is 1. The average Bonchev–Trinajstić information content (AvgIpc) is 3.00. The van der Waals surface area contributed by atoms with E-state index in [9.17, 15) is 9.59 Å². The monoisotopic (exact) mass is 322 g/mol. The summed E-state index contributed by atoms with van der Waals surface area (Å²) < 4.78 is 15.5. The summed E-state index contributed by atoms with van der Waals surface area (Å²) in [5.41, 5.74) is -0.644. The smallest absolute Gasteiger partial charge is 0.307 e. The van der Waals surface area contributed by atoms with Crippen LogP contribution in [0.5, 0.6) is 5.75 Å². The number of rotatable bonds is 8. The SMILES string of the molecule is COC(=O)C[C@@]1(NC(=O)CCCOc2cccnc2)CCOC1. The lowest BCUT2D eigenvalue weighted by atomic mass is 9.94. The minimum absolute atomic E-state index is 0.116. The molecule has 0 spiro atoms. The van der Waals surface area contributed by atoms with Crippen LogP contribution in [0.1, 0.15) is 25.7 Å². The van der Waals surface area contributed by atoms with E-state index in [4.69, 9.17) is 14.2 Å². The van der Waals surface area contributed by atoms with Gasteiger partial charge in [-0.15, -0.1) is 0 Å². The van der Waals surface area contributed by atoms with Gasteiger partial charge < -0.3 is 19.5 Å². The van der Waals surface area contributed by atoms with Gasteiger partial charge in [-0.1, -0.05) is 0 Å². The molecule has 1 aromatic rings. The van der Waals surface area contributed by atoms with E-state index in [-0.39, 0.29) is 18.3 Å². The number of nitrogens with zero attached hydrogens (tertiary/aromatic N) is 1. The van der Waals surface area contributed by atoms with Gasteiger partial charge in [0.25, 0.3) is 0 Å². The van der Waals surface area contributed by atoms with Crippen molar-refractivity contribution in [3.8, 4) is 5.75 Å². The van der Waals surface area contributed by atoms with Crippen LogP contribution in [0.3, 0.4) is 0 Å². The number of carbonyl (C=O) groups is 2. The molecule has 1 aliphatic rings. The van der Waals surface area contributed by atoms with Gasteiger partial charge in [0, 0.05) is 19.2 Å². The molecule has 1 atom stereocenters. The number of aromatic nitrogens is 1. The molecule has 1 saturated heterocycles. The first kappa shape index (κ1) is 17.2. The van der Waals surface area contributed by atoms with Crippen LogP contribution in [0.4, 0.5) is 0 Å². The predicted octanol–water partition coefficient (Wildman–Crippen LogP) is 1.08. The Morgan fingerprint density at radius 3 is 3.00 bits per heavy atom. The Labute approximate surface area is 135 Å². The molecule has 0 saturated carbocycles. The van der Waals surface area contributed by atoms with Gasteiger partial charge in [0.2, 0.25) is 5.91 Å². The van der Waals surface area contributed by atoms with Gasteiger partial charge >= 0.3 is 5.97 Å². The van der Waals surface area contributed by atoms with Gasteiger partial charge in [0.15, 0.2) is 0 Å². The zero-order valence-corrected chi connectivity index (χ0v) is 13.2. The number of hydrogen-bond acceptors (Lipinski definition) is 6. The second-order valence-electron chi connectivity index (χ2n) is 5.52. The highest BCUT2D eigenvalue weighted by Crippen LogP contribution is 2.23. The maximum absolute atomic E-state index is 12.1. The Bertz CT molecular complexity index is 514. The Morgan fingerprint density at radius 2 is 2.35 bits per heavy atom. The second-order valence-corrected chi connectivity index (χ2v) is 5.52. The molecule has 1 aliphatic heterocycles. The van der Waals surface area contributed by atoms with Crippen LogP contribution in [-0.4, -0.2) is 49.3 Å². The van der Waals surface area contributed by atoms with Gasteiger partial charge in [-0.2, -0.15) is 0 Å². The van der Waals surface area contributed by atoms with Gasteiger partial charge in [0.1, 0.15) is 5.75 Å². The van der Waals surface area contributed by atoms with Crippen molar-refractivity contribution in [1.29, 1.82) is 0 Å². The number of hydrogen-bond donors (Lipinski definition) is 1. The second kappa shape index (κ2) is 8.47. The summed E-state index contributed by atoms with van der Waals surface area (Å²) in [6, 6.07) is 3.60. The van der Waals surface area contributed by atoms with Crippen LogP contribution in [0, 0.1) is 0 Å². The van der Waals surface area contributed by atoms with E-state index < -0.39 is 5.54 Å². The van der Waals surface area contributed by atoms with E-state index in [0.717, 1.165) is 0 Å². The van der Waals surface area contributed by atoms with Crippen molar-refractivity contribution in [2.75, 3.05) is 26.9 Å². The lowest BCUT2D eigenvalue weighted by Crippen LogP contribution is -2.50. The first-order valence-corrected chi connectivity index (χ1v) is 7.62. The summed E-state index contributed by atoms with van der Waals surface area (Å²) in [4.78, 5) is 27.6. The van der Waals surface area contributed by atoms with E-state index in [1.807, 2.05) is 6.07 Å². The topological polar surface area (TPSA) is 86.8 Å². The molecule has 1 aromatic heterocycles. The normalized spacial score (nSPS) is 20.0. The Hall–Kier alpha value is -2.15. The maximum atomic E-state index is 12.1. The van der Waals surface area contributed by atoms with E-state index >= 15 is 0 Å². The third-order valence-electron chi connectivity index (χ3n) is 3.67. The van der Waals surface area contributed by atoms with Crippen LogP contribution < -0.4 is 10.1 Å². The number of nitrogens with one attached hydrogen (secondary N) is 1. The third-order valence-corrected chi connectivity index (χ3v) is 3.67. The zero-order chi connectivity index (χ0) is 16.5. The van der Waals surface area contributed by atoms with Crippen molar-refractivity contribution >= 4 is 11.9 Å². The number of carbonyl (C=O) groups excluding carboxylic acids is 2. The zero-order valence-electron chi connectivity index (χ0n) is 13.2. The van der Waals surface area contributed by atoms with Gasteiger partial charge in [-0.05, 0) is 25.0 Å². The average molecular weight is 322 g/mol. The molecule has 0 bridgehead atoms. The van der Waals surface area contributed by atoms with Crippen LogP contribution in [-0.2, 0) is 19.1 Å². The van der Waals surface area contributed by atoms with Gasteiger partial charge in [0.05, 0.1) is 38.5 Å². The molecule has 1 amide bonds. The van der Waals surface area contributed by atoms with Crippen LogP contribution >= 0.6 is 0 Å². The summed E-state index contributed by atoms with van der Waals surface area (Å²) >= 11 is 0. The largest absolute Gasteiger partial charge is 0.492 e. The lowest BCUT2D eigenvalue weighted by Gasteiger charge is -2.27. The molecule has 2 rings (SSSR count). The number of pyridine rings is 1. The van der Waals surface area contributed by atoms with Crippen molar-refractivity contribution in [3.05, 3.63) is 24.5 Å². The summed E-state index contributed by atoms with van der Waals surface area (Å²) in [5, 5.41) is 2.92. The molecule has 126 valence electrons. The molecule has 0 radical (unpaired) electrons. The molecule has 0 aromatic carbocycles. The third kappa shape index (κ3) is 5.52. The van der Waals surface area contributed by atoms with Crippen LogP contribution in [0.25, 0.3) is 0 Å². The predicted molar refractivity (Wildman–Crippen MR) is 81.9 cm³/mol. The molecular weight excluding hydrogens is 300 g/mol. The Balaban J connectivity index is 1.73. The molecular formula is C16H22N2O5. The van der Waals surface area contributed by atoms with Crippen LogP contribution in [0.2, 0.25) is 0 Å². The summed E-state index contributed by atoms with van der Waals surface area (Å²) in [6.07, 6.45) is 4.94. The molecule has 0 unspecified atom stereocenters. The molecule has 0 aliphatic carbocycles. The van der Waals surface area contributed by atoms with Gasteiger partial charge in [-0.3, -0.25) is 14.6 Å². The Morgan fingerprint density at radius 1 is 1.48 bits per heavy atom. The minimum atomic E-state index is -0.644. The lowest BCUT2D eigenvalue weighted by molar-refractivity contribution is -0.142. The fourth-order valence-electron chi connectivity index (χ4n) is 2.45. The van der Waals surface area contributed by atoms with E-state index in [1.165, 1.54) is 7.11 Å². The highest BCUT2D eigenvalue weighted by molar-refractivity contribution is 5.78. The molecule has 23 heavy (non-hydrogen) atoms.